The smallest absolute Gasteiger partial charge is 0.293 e. The minimum Gasteiger partial charge on any atom is -0.520 e. The van der Waals surface area contributed by atoms with E-state index in [9.17, 15) is 4.79 Å². The first-order valence-electron chi connectivity index (χ1n) is 4.79. The zero-order valence-electron chi connectivity index (χ0n) is 8.73. The molecule has 0 saturated carbocycles. The molecule has 0 saturated heterocycles. The Hall–Kier alpha value is -0.0231. The third-order valence-corrected chi connectivity index (χ3v) is 4.35. The Balaban J connectivity index is 3.79. The Morgan fingerprint density at radius 3 is 2.54 bits per heavy atom. The zero-order chi connectivity index (χ0) is 10.3. The lowest BCUT2D eigenvalue weighted by atomic mass is 10.4. The van der Waals surface area contributed by atoms with Gasteiger partial charge in [0, 0.05) is 5.88 Å². The number of carbonyl (C=O) groups excluding carboxylic acids is 1. The first-order chi connectivity index (χ1) is 6.02. The lowest BCUT2D eigenvalue weighted by Gasteiger charge is -2.22. The van der Waals surface area contributed by atoms with Crippen molar-refractivity contribution < 1.29 is 9.22 Å². The van der Waals surface area contributed by atoms with Crippen LogP contribution < -0.4 is 0 Å². The molecule has 0 spiro atoms. The van der Waals surface area contributed by atoms with Gasteiger partial charge < -0.3 is 4.43 Å². The predicted octanol–water partition coefficient (Wildman–Crippen LogP) is 3.16. The van der Waals surface area contributed by atoms with Crippen LogP contribution in [0.1, 0.15) is 26.2 Å². The molecule has 0 aromatic rings. The van der Waals surface area contributed by atoms with Crippen LogP contribution in [-0.4, -0.2) is 20.2 Å². The van der Waals surface area contributed by atoms with E-state index in [4.69, 9.17) is 16.0 Å². The Labute approximate surface area is 86.7 Å². The van der Waals surface area contributed by atoms with E-state index in [-0.39, 0.29) is 5.97 Å². The van der Waals surface area contributed by atoms with Crippen LogP contribution in [0.2, 0.25) is 19.1 Å². The molecule has 4 heteroatoms. The van der Waals surface area contributed by atoms with E-state index in [0.717, 1.165) is 18.9 Å². The Bertz CT molecular complexity index is 160. The van der Waals surface area contributed by atoms with Crippen molar-refractivity contribution in [2.45, 2.75) is 45.3 Å². The van der Waals surface area contributed by atoms with Crippen molar-refractivity contribution in [3.05, 3.63) is 0 Å². The predicted molar refractivity (Wildman–Crippen MR) is 58.6 cm³/mol. The van der Waals surface area contributed by atoms with Gasteiger partial charge in [-0.15, -0.1) is 11.6 Å². The summed E-state index contributed by atoms with van der Waals surface area (Å²) < 4.78 is 5.40. The quantitative estimate of drug-likeness (QED) is 0.510. The zero-order valence-corrected chi connectivity index (χ0v) is 10.5. The van der Waals surface area contributed by atoms with E-state index in [1.54, 1.807) is 0 Å². The van der Waals surface area contributed by atoms with E-state index in [2.05, 4.69) is 20.0 Å². The van der Waals surface area contributed by atoms with E-state index < -0.39 is 8.32 Å². The molecule has 0 aromatic heterocycles. The molecule has 0 unspecified atom stereocenters. The summed E-state index contributed by atoms with van der Waals surface area (Å²) in [5.74, 6) is 0.222. The monoisotopic (exact) mass is 222 g/mol. The van der Waals surface area contributed by atoms with Crippen LogP contribution in [0.15, 0.2) is 0 Å². The normalized spacial score (nSPS) is 11.4. The third-order valence-electron chi connectivity index (χ3n) is 1.82. The third kappa shape index (κ3) is 7.08. The topological polar surface area (TPSA) is 26.3 Å². The number of hydrogen-bond donors (Lipinski definition) is 0. The van der Waals surface area contributed by atoms with Crippen LogP contribution in [0.3, 0.4) is 0 Å². The largest absolute Gasteiger partial charge is 0.520 e. The fourth-order valence-corrected chi connectivity index (χ4v) is 3.27. The Morgan fingerprint density at radius 2 is 2.08 bits per heavy atom. The number of halogens is 1. The van der Waals surface area contributed by atoms with Gasteiger partial charge in [-0.05, 0) is 19.1 Å². The minimum absolute atomic E-state index is 0.136. The summed E-state index contributed by atoms with van der Waals surface area (Å²) in [5, 5.41) is 0. The second kappa shape index (κ2) is 6.43. The second-order valence-corrected chi connectivity index (χ2v) is 8.38. The number of alkyl halides is 1. The van der Waals surface area contributed by atoms with Crippen LogP contribution >= 0.6 is 11.6 Å². The van der Waals surface area contributed by atoms with E-state index in [1.165, 1.54) is 0 Å². The van der Waals surface area contributed by atoms with Gasteiger partial charge in [-0.3, -0.25) is 4.79 Å². The van der Waals surface area contributed by atoms with Crippen LogP contribution in [-0.2, 0) is 9.22 Å². The van der Waals surface area contributed by atoms with Gasteiger partial charge in [-0.2, -0.15) is 0 Å². The standard InChI is InChI=1S/C9H19ClO2Si/c1-4-5-8-13(2,3)12-9(11)6-7-10/h4-8H2,1-3H3. The number of unbranched alkanes of at least 4 members (excludes halogenated alkanes) is 1. The fraction of sp³-hybridized carbons (Fsp3) is 0.889. The molecule has 0 aliphatic rings. The molecule has 0 amide bonds. The summed E-state index contributed by atoms with van der Waals surface area (Å²) in [6.45, 7) is 6.30. The molecule has 78 valence electrons. The first-order valence-corrected chi connectivity index (χ1v) is 8.44. The van der Waals surface area contributed by atoms with Crippen molar-refractivity contribution in [3.8, 4) is 0 Å². The van der Waals surface area contributed by atoms with E-state index in [0.29, 0.717) is 12.3 Å². The van der Waals surface area contributed by atoms with Gasteiger partial charge in [0.1, 0.15) is 0 Å². The molecule has 0 rings (SSSR count). The van der Waals surface area contributed by atoms with Crippen molar-refractivity contribution in [3.63, 3.8) is 0 Å². The summed E-state index contributed by atoms with van der Waals surface area (Å²) in [4.78, 5) is 11.1. The summed E-state index contributed by atoms with van der Waals surface area (Å²) in [7, 11) is -1.73. The molecule has 0 atom stereocenters. The summed E-state index contributed by atoms with van der Waals surface area (Å²) in [6, 6.07) is 1.05. The van der Waals surface area contributed by atoms with Crippen molar-refractivity contribution in [1.82, 2.24) is 0 Å². The molecule has 0 fully saturated rings. The van der Waals surface area contributed by atoms with E-state index in [1.807, 2.05) is 0 Å². The van der Waals surface area contributed by atoms with Crippen molar-refractivity contribution in [1.29, 1.82) is 0 Å². The summed E-state index contributed by atoms with van der Waals surface area (Å²) in [5.41, 5.74) is 0. The maximum atomic E-state index is 11.1. The van der Waals surface area contributed by atoms with Crippen molar-refractivity contribution in [2.75, 3.05) is 5.88 Å². The highest BCUT2D eigenvalue weighted by Gasteiger charge is 2.25. The highest BCUT2D eigenvalue weighted by molar-refractivity contribution is 6.72. The highest BCUT2D eigenvalue weighted by Crippen LogP contribution is 2.15. The van der Waals surface area contributed by atoms with Gasteiger partial charge in [0.05, 0.1) is 6.42 Å². The maximum absolute atomic E-state index is 11.1. The molecule has 0 N–H and O–H groups in total. The van der Waals surface area contributed by atoms with Gasteiger partial charge in [0.25, 0.3) is 5.97 Å². The molecule has 0 bridgehead atoms. The Morgan fingerprint density at radius 1 is 1.46 bits per heavy atom. The summed E-state index contributed by atoms with van der Waals surface area (Å²) in [6.07, 6.45) is 2.64. The number of carbonyl (C=O) groups is 1. The number of hydrogen-bond acceptors (Lipinski definition) is 2. The van der Waals surface area contributed by atoms with Crippen molar-refractivity contribution >= 4 is 25.9 Å². The van der Waals surface area contributed by atoms with Crippen LogP contribution in [0.25, 0.3) is 0 Å². The molecule has 0 aliphatic carbocycles. The van der Waals surface area contributed by atoms with Gasteiger partial charge in [-0.1, -0.05) is 19.8 Å². The van der Waals surface area contributed by atoms with Crippen LogP contribution in [0.4, 0.5) is 0 Å². The lowest BCUT2D eigenvalue weighted by molar-refractivity contribution is -0.134. The molecular weight excluding hydrogens is 204 g/mol. The molecule has 13 heavy (non-hydrogen) atoms. The molecule has 0 heterocycles. The van der Waals surface area contributed by atoms with E-state index >= 15 is 0 Å². The van der Waals surface area contributed by atoms with Crippen LogP contribution in [0.5, 0.6) is 0 Å². The molecule has 0 aromatic carbocycles. The molecule has 2 nitrogen and oxygen atoms in total. The fourth-order valence-electron chi connectivity index (χ4n) is 1.09. The maximum Gasteiger partial charge on any atom is 0.293 e. The lowest BCUT2D eigenvalue weighted by Crippen LogP contribution is -2.33. The van der Waals surface area contributed by atoms with Gasteiger partial charge >= 0.3 is 0 Å². The molecular formula is C9H19ClO2Si. The first kappa shape index (κ1) is 13.0. The SMILES string of the molecule is CCCC[Si](C)(C)OC(=O)CCCl. The minimum atomic E-state index is -1.73. The van der Waals surface area contributed by atoms with Crippen molar-refractivity contribution in [2.24, 2.45) is 0 Å². The average molecular weight is 223 g/mol. The van der Waals surface area contributed by atoms with Crippen LogP contribution in [0, 0.1) is 0 Å². The number of rotatable bonds is 6. The molecule has 0 aliphatic heterocycles. The summed E-state index contributed by atoms with van der Waals surface area (Å²) >= 11 is 5.44. The average Bonchev–Trinajstić information content (AvgIpc) is 2.00. The highest BCUT2D eigenvalue weighted by atomic mass is 35.5. The van der Waals surface area contributed by atoms with Gasteiger partial charge in [0.15, 0.2) is 0 Å². The molecule has 0 radical (unpaired) electrons. The Kier molecular flexibility index (Phi) is 6.42. The second-order valence-electron chi connectivity index (χ2n) is 3.78. The van der Waals surface area contributed by atoms with Gasteiger partial charge in [0.2, 0.25) is 8.32 Å². The van der Waals surface area contributed by atoms with Gasteiger partial charge in [-0.25, -0.2) is 0 Å².